The minimum Gasteiger partial charge on any atom is -0.408 e. The number of hydrogen-bond donors (Lipinski definition) is 2. The molecule has 0 saturated heterocycles. The fourth-order valence-electron chi connectivity index (χ4n) is 1.63. The lowest BCUT2D eigenvalue weighted by Gasteiger charge is -2.02. The smallest absolute Gasteiger partial charge is 0.322 e. The average molecular weight is 310 g/mol. The molecule has 0 atom stereocenters. The third-order valence-electron chi connectivity index (χ3n) is 2.79. The molecule has 1 saturated carbocycles. The van der Waals surface area contributed by atoms with Crippen LogP contribution >= 0.6 is 11.8 Å². The molecule has 3 rings (SSSR count). The highest BCUT2D eigenvalue weighted by molar-refractivity contribution is 7.99. The van der Waals surface area contributed by atoms with Crippen molar-refractivity contribution >= 4 is 23.7 Å². The van der Waals surface area contributed by atoms with E-state index < -0.39 is 0 Å². The second-order valence-electron chi connectivity index (χ2n) is 4.53. The summed E-state index contributed by atoms with van der Waals surface area (Å²) < 4.78 is 6.90. The number of hydrogen-bond acceptors (Lipinski definition) is 9. The van der Waals surface area contributed by atoms with Crippen molar-refractivity contribution in [2.45, 2.75) is 30.5 Å². The molecule has 112 valence electrons. The Balaban J connectivity index is 1.50. The lowest BCUT2D eigenvalue weighted by molar-refractivity contribution is -0.113. The number of aromatic nitrogens is 6. The SMILES string of the molecule is NCCn1nnnc1SCC(=O)Nc1nnc(C2CC2)o1. The van der Waals surface area contributed by atoms with Crippen LogP contribution in [-0.2, 0) is 11.3 Å². The Morgan fingerprint density at radius 2 is 2.29 bits per heavy atom. The normalized spacial score (nSPS) is 14.3. The molecule has 1 fully saturated rings. The number of carbonyl (C=O) groups excluding carboxylic acids is 1. The van der Waals surface area contributed by atoms with E-state index in [0.29, 0.717) is 30.1 Å². The Hall–Kier alpha value is -2.01. The minimum absolute atomic E-state index is 0.129. The zero-order chi connectivity index (χ0) is 14.7. The largest absolute Gasteiger partial charge is 0.408 e. The second kappa shape index (κ2) is 6.18. The summed E-state index contributed by atoms with van der Waals surface area (Å²) in [5, 5.41) is 21.9. The van der Waals surface area contributed by atoms with Crippen molar-refractivity contribution in [3.63, 3.8) is 0 Å². The molecule has 3 N–H and O–H groups in total. The maximum atomic E-state index is 11.8. The summed E-state index contributed by atoms with van der Waals surface area (Å²) in [7, 11) is 0. The average Bonchev–Trinajstić information content (AvgIpc) is 3.06. The molecule has 1 aliphatic rings. The van der Waals surface area contributed by atoms with E-state index in [0.717, 1.165) is 12.8 Å². The summed E-state index contributed by atoms with van der Waals surface area (Å²) in [6.07, 6.45) is 2.13. The van der Waals surface area contributed by atoms with Crippen molar-refractivity contribution < 1.29 is 9.21 Å². The highest BCUT2D eigenvalue weighted by atomic mass is 32.2. The third-order valence-corrected chi connectivity index (χ3v) is 3.74. The molecule has 0 bridgehead atoms. The van der Waals surface area contributed by atoms with Crippen LogP contribution in [0.4, 0.5) is 6.01 Å². The molecule has 2 aromatic rings. The zero-order valence-corrected chi connectivity index (χ0v) is 11.9. The van der Waals surface area contributed by atoms with Gasteiger partial charge in [-0.1, -0.05) is 16.9 Å². The van der Waals surface area contributed by atoms with E-state index in [9.17, 15) is 4.79 Å². The summed E-state index contributed by atoms with van der Waals surface area (Å²) in [4.78, 5) is 11.8. The first-order valence-corrected chi connectivity index (χ1v) is 7.47. The van der Waals surface area contributed by atoms with Crippen LogP contribution in [0, 0.1) is 0 Å². The number of amides is 1. The Labute approximate surface area is 123 Å². The summed E-state index contributed by atoms with van der Waals surface area (Å²) in [6, 6.07) is 0.129. The van der Waals surface area contributed by atoms with Gasteiger partial charge in [0.25, 0.3) is 0 Å². The van der Waals surface area contributed by atoms with Crippen LogP contribution in [0.5, 0.6) is 0 Å². The van der Waals surface area contributed by atoms with E-state index in [-0.39, 0.29) is 17.7 Å². The number of nitrogens with two attached hydrogens (primary N) is 1. The Morgan fingerprint density at radius 3 is 3.05 bits per heavy atom. The standard InChI is InChI=1S/C10H14N8O2S/c11-3-4-18-10(15-16-17-18)21-5-7(19)12-9-14-13-8(20-9)6-1-2-6/h6H,1-5,11H2,(H,12,14,19). The Morgan fingerprint density at radius 1 is 1.43 bits per heavy atom. The van der Waals surface area contributed by atoms with Gasteiger partial charge < -0.3 is 10.2 Å². The van der Waals surface area contributed by atoms with Crippen molar-refractivity contribution in [1.29, 1.82) is 0 Å². The van der Waals surface area contributed by atoms with Crippen molar-refractivity contribution in [3.05, 3.63) is 5.89 Å². The Kier molecular flexibility index (Phi) is 4.10. The molecular weight excluding hydrogens is 296 g/mol. The predicted octanol–water partition coefficient (Wildman–Crippen LogP) is -0.377. The van der Waals surface area contributed by atoms with Crippen LogP contribution in [0.3, 0.4) is 0 Å². The molecule has 0 unspecified atom stereocenters. The quantitative estimate of drug-likeness (QED) is 0.655. The van der Waals surface area contributed by atoms with Gasteiger partial charge in [0.2, 0.25) is 17.0 Å². The molecule has 1 aliphatic carbocycles. The maximum absolute atomic E-state index is 11.8. The van der Waals surface area contributed by atoms with Crippen molar-refractivity contribution in [3.8, 4) is 0 Å². The molecule has 0 aromatic carbocycles. The molecule has 0 radical (unpaired) electrons. The lowest BCUT2D eigenvalue weighted by atomic mass is 10.4. The van der Waals surface area contributed by atoms with Gasteiger partial charge in [0.1, 0.15) is 0 Å². The van der Waals surface area contributed by atoms with Crippen LogP contribution in [0.25, 0.3) is 0 Å². The van der Waals surface area contributed by atoms with Crippen LogP contribution in [-0.4, -0.2) is 48.6 Å². The predicted molar refractivity (Wildman–Crippen MR) is 72.5 cm³/mol. The van der Waals surface area contributed by atoms with Crippen LogP contribution in [0.15, 0.2) is 9.57 Å². The van der Waals surface area contributed by atoms with E-state index in [4.69, 9.17) is 10.2 Å². The zero-order valence-electron chi connectivity index (χ0n) is 11.1. The molecule has 21 heavy (non-hydrogen) atoms. The van der Waals surface area contributed by atoms with E-state index in [1.807, 2.05) is 0 Å². The maximum Gasteiger partial charge on any atom is 0.322 e. The molecule has 10 nitrogen and oxygen atoms in total. The van der Waals surface area contributed by atoms with Crippen LogP contribution in [0.2, 0.25) is 0 Å². The van der Waals surface area contributed by atoms with Gasteiger partial charge in [0.05, 0.1) is 12.3 Å². The summed E-state index contributed by atoms with van der Waals surface area (Å²) in [5.41, 5.74) is 5.45. The first-order valence-electron chi connectivity index (χ1n) is 6.48. The summed E-state index contributed by atoms with van der Waals surface area (Å²) in [6.45, 7) is 0.933. The summed E-state index contributed by atoms with van der Waals surface area (Å²) >= 11 is 1.22. The monoisotopic (exact) mass is 310 g/mol. The molecule has 2 heterocycles. The fourth-order valence-corrected chi connectivity index (χ4v) is 2.33. The highest BCUT2D eigenvalue weighted by Crippen LogP contribution is 2.39. The first kappa shape index (κ1) is 13.9. The number of tetrazole rings is 1. The highest BCUT2D eigenvalue weighted by Gasteiger charge is 2.29. The van der Waals surface area contributed by atoms with Gasteiger partial charge in [-0.15, -0.1) is 10.2 Å². The second-order valence-corrected chi connectivity index (χ2v) is 5.47. The number of rotatable bonds is 7. The van der Waals surface area contributed by atoms with E-state index in [1.54, 1.807) is 4.68 Å². The number of nitrogens with zero attached hydrogens (tertiary/aromatic N) is 6. The van der Waals surface area contributed by atoms with Gasteiger partial charge in [-0.2, -0.15) is 0 Å². The molecule has 0 spiro atoms. The lowest BCUT2D eigenvalue weighted by Crippen LogP contribution is -2.16. The number of thioether (sulfide) groups is 1. The van der Waals surface area contributed by atoms with Gasteiger partial charge in [-0.25, -0.2) is 4.68 Å². The van der Waals surface area contributed by atoms with Gasteiger partial charge in [0, 0.05) is 12.5 Å². The van der Waals surface area contributed by atoms with Crippen molar-refractivity contribution in [2.24, 2.45) is 5.73 Å². The molecule has 11 heteroatoms. The van der Waals surface area contributed by atoms with Gasteiger partial charge in [-0.3, -0.25) is 10.1 Å². The van der Waals surface area contributed by atoms with Crippen LogP contribution < -0.4 is 11.1 Å². The molecule has 0 aliphatic heterocycles. The number of anilines is 1. The van der Waals surface area contributed by atoms with Crippen LogP contribution in [0.1, 0.15) is 24.7 Å². The number of carbonyl (C=O) groups is 1. The van der Waals surface area contributed by atoms with E-state index >= 15 is 0 Å². The topological polar surface area (TPSA) is 138 Å². The molecule has 1 amide bonds. The van der Waals surface area contributed by atoms with Gasteiger partial charge in [-0.05, 0) is 23.3 Å². The van der Waals surface area contributed by atoms with Gasteiger partial charge >= 0.3 is 6.01 Å². The van der Waals surface area contributed by atoms with Gasteiger partial charge in [0.15, 0.2) is 0 Å². The van der Waals surface area contributed by atoms with Crippen molar-refractivity contribution in [1.82, 2.24) is 30.4 Å². The Bertz CT molecular complexity index is 622. The first-order chi connectivity index (χ1) is 10.3. The third kappa shape index (κ3) is 3.55. The van der Waals surface area contributed by atoms with E-state index in [2.05, 4.69) is 31.0 Å². The number of nitrogens with one attached hydrogen (secondary N) is 1. The minimum atomic E-state index is -0.256. The van der Waals surface area contributed by atoms with Crippen molar-refractivity contribution in [2.75, 3.05) is 17.6 Å². The summed E-state index contributed by atoms with van der Waals surface area (Å²) in [5.74, 6) is 0.836. The fraction of sp³-hybridized carbons (Fsp3) is 0.600. The molecular formula is C10H14N8O2S. The van der Waals surface area contributed by atoms with E-state index in [1.165, 1.54) is 11.8 Å². The molecule has 2 aromatic heterocycles.